The predicted molar refractivity (Wildman–Crippen MR) is 70.7 cm³/mol. The van der Waals surface area contributed by atoms with E-state index in [1.54, 1.807) is 0 Å². The Morgan fingerprint density at radius 3 is 2.70 bits per heavy atom. The standard InChI is InChI=1S/C12H12N6O2/c1-2-19-8-5-3-7(4-6-8)11-14-12(16-15-11)9-10(13)18-20-17-9/h3-6H,2H2,1H3,(H2,13,18)(H,14,15,16). The van der Waals surface area contributed by atoms with Crippen LogP contribution in [0.25, 0.3) is 22.9 Å². The molecule has 1 aromatic carbocycles. The molecule has 0 saturated heterocycles. The third-order valence-electron chi connectivity index (χ3n) is 2.65. The number of nitrogens with one attached hydrogen (secondary N) is 1. The average Bonchev–Trinajstić information content (AvgIpc) is 3.08. The van der Waals surface area contributed by atoms with Crippen LogP contribution in [-0.4, -0.2) is 32.1 Å². The summed E-state index contributed by atoms with van der Waals surface area (Å²) >= 11 is 0. The molecule has 0 aliphatic heterocycles. The van der Waals surface area contributed by atoms with Crippen molar-refractivity contribution < 1.29 is 9.37 Å². The molecule has 0 unspecified atom stereocenters. The predicted octanol–water partition coefficient (Wildman–Crippen LogP) is 1.50. The average molecular weight is 272 g/mol. The van der Waals surface area contributed by atoms with E-state index in [0.29, 0.717) is 23.9 Å². The number of H-pyrrole nitrogens is 1. The molecule has 0 saturated carbocycles. The van der Waals surface area contributed by atoms with Crippen LogP contribution in [0.5, 0.6) is 5.75 Å². The van der Waals surface area contributed by atoms with Crippen molar-refractivity contribution in [3.8, 4) is 28.7 Å². The third kappa shape index (κ3) is 2.18. The number of benzene rings is 1. The van der Waals surface area contributed by atoms with Crippen LogP contribution in [0.2, 0.25) is 0 Å². The number of hydrogen-bond acceptors (Lipinski definition) is 7. The van der Waals surface area contributed by atoms with Gasteiger partial charge in [-0.2, -0.15) is 5.10 Å². The van der Waals surface area contributed by atoms with Crippen LogP contribution in [0.15, 0.2) is 28.9 Å². The molecule has 0 spiro atoms. The highest BCUT2D eigenvalue weighted by Gasteiger charge is 2.14. The molecule has 0 aliphatic carbocycles. The Bertz CT molecular complexity index is 703. The van der Waals surface area contributed by atoms with Crippen molar-refractivity contribution in [2.75, 3.05) is 12.3 Å². The summed E-state index contributed by atoms with van der Waals surface area (Å²) in [6, 6.07) is 7.48. The Balaban J connectivity index is 1.88. The minimum atomic E-state index is 0.166. The fourth-order valence-corrected chi connectivity index (χ4v) is 1.72. The zero-order valence-corrected chi connectivity index (χ0v) is 10.7. The summed E-state index contributed by atoms with van der Waals surface area (Å²) in [4.78, 5) is 4.31. The lowest BCUT2D eigenvalue weighted by atomic mass is 10.2. The van der Waals surface area contributed by atoms with Crippen LogP contribution in [0.4, 0.5) is 5.82 Å². The second-order valence-corrected chi connectivity index (χ2v) is 3.96. The molecule has 3 rings (SSSR count). The minimum Gasteiger partial charge on any atom is -0.494 e. The van der Waals surface area contributed by atoms with Crippen LogP contribution < -0.4 is 10.5 Å². The van der Waals surface area contributed by atoms with Gasteiger partial charge in [0.25, 0.3) is 0 Å². The van der Waals surface area contributed by atoms with Crippen LogP contribution in [0, 0.1) is 0 Å². The van der Waals surface area contributed by atoms with Crippen LogP contribution >= 0.6 is 0 Å². The van der Waals surface area contributed by atoms with E-state index in [9.17, 15) is 0 Å². The third-order valence-corrected chi connectivity index (χ3v) is 2.65. The summed E-state index contributed by atoms with van der Waals surface area (Å²) in [5.41, 5.74) is 6.80. The zero-order valence-electron chi connectivity index (χ0n) is 10.7. The minimum absolute atomic E-state index is 0.166. The summed E-state index contributed by atoms with van der Waals surface area (Å²) in [6.07, 6.45) is 0. The van der Waals surface area contributed by atoms with Gasteiger partial charge in [0.1, 0.15) is 5.75 Å². The van der Waals surface area contributed by atoms with E-state index in [4.69, 9.17) is 10.5 Å². The number of aromatic amines is 1. The lowest BCUT2D eigenvalue weighted by Gasteiger charge is -2.02. The lowest BCUT2D eigenvalue weighted by Crippen LogP contribution is -1.91. The summed E-state index contributed by atoms with van der Waals surface area (Å²) < 4.78 is 9.91. The van der Waals surface area contributed by atoms with E-state index in [2.05, 4.69) is 30.1 Å². The van der Waals surface area contributed by atoms with Crippen molar-refractivity contribution in [2.24, 2.45) is 0 Å². The van der Waals surface area contributed by atoms with E-state index in [-0.39, 0.29) is 5.82 Å². The molecular weight excluding hydrogens is 260 g/mol. The van der Waals surface area contributed by atoms with Crippen molar-refractivity contribution in [2.45, 2.75) is 6.92 Å². The smallest absolute Gasteiger partial charge is 0.199 e. The first-order valence-electron chi connectivity index (χ1n) is 6.02. The molecule has 3 N–H and O–H groups in total. The van der Waals surface area contributed by atoms with Crippen molar-refractivity contribution >= 4 is 5.82 Å². The summed E-state index contributed by atoms with van der Waals surface area (Å²) in [7, 11) is 0. The molecule has 8 nitrogen and oxygen atoms in total. The molecule has 2 aromatic heterocycles. The van der Waals surface area contributed by atoms with Gasteiger partial charge >= 0.3 is 0 Å². The lowest BCUT2D eigenvalue weighted by molar-refractivity contribution is 0.310. The number of anilines is 1. The first-order chi connectivity index (χ1) is 9.78. The Morgan fingerprint density at radius 2 is 2.05 bits per heavy atom. The molecule has 0 atom stereocenters. The first-order valence-corrected chi connectivity index (χ1v) is 6.02. The largest absolute Gasteiger partial charge is 0.494 e. The highest BCUT2D eigenvalue weighted by molar-refractivity contribution is 5.65. The van der Waals surface area contributed by atoms with Crippen LogP contribution in [0.1, 0.15) is 6.92 Å². The van der Waals surface area contributed by atoms with Gasteiger partial charge in [-0.25, -0.2) is 9.61 Å². The highest BCUT2D eigenvalue weighted by atomic mass is 16.6. The van der Waals surface area contributed by atoms with E-state index in [1.165, 1.54) is 0 Å². The second kappa shape index (κ2) is 5.00. The van der Waals surface area contributed by atoms with Crippen molar-refractivity contribution in [3.05, 3.63) is 24.3 Å². The molecule has 0 bridgehead atoms. The number of ether oxygens (including phenoxy) is 1. The number of nitrogen functional groups attached to an aromatic ring is 1. The van der Waals surface area contributed by atoms with Gasteiger partial charge < -0.3 is 10.5 Å². The van der Waals surface area contributed by atoms with E-state index in [0.717, 1.165) is 11.3 Å². The maximum atomic E-state index is 5.60. The molecule has 8 heteroatoms. The van der Waals surface area contributed by atoms with E-state index in [1.807, 2.05) is 31.2 Å². The Labute approximate surface area is 113 Å². The SMILES string of the molecule is CCOc1ccc(-c2n[nH]c(-c3nonc3N)n2)cc1. The number of aromatic nitrogens is 5. The molecule has 0 aliphatic rings. The van der Waals surface area contributed by atoms with Crippen molar-refractivity contribution in [1.29, 1.82) is 0 Å². The molecule has 3 aromatic rings. The van der Waals surface area contributed by atoms with Crippen LogP contribution in [-0.2, 0) is 0 Å². The van der Waals surface area contributed by atoms with E-state index < -0.39 is 0 Å². The van der Waals surface area contributed by atoms with Crippen LogP contribution in [0.3, 0.4) is 0 Å². The zero-order chi connectivity index (χ0) is 13.9. The van der Waals surface area contributed by atoms with Gasteiger partial charge in [-0.1, -0.05) is 0 Å². The molecule has 0 radical (unpaired) electrons. The number of nitrogens with zero attached hydrogens (tertiary/aromatic N) is 4. The van der Waals surface area contributed by atoms with Crippen molar-refractivity contribution in [3.63, 3.8) is 0 Å². The number of rotatable bonds is 4. The van der Waals surface area contributed by atoms with Gasteiger partial charge in [-0.15, -0.1) is 0 Å². The Kier molecular flexibility index (Phi) is 3.04. The summed E-state index contributed by atoms with van der Waals surface area (Å²) in [5, 5.41) is 14.0. The molecule has 0 amide bonds. The van der Waals surface area contributed by atoms with E-state index >= 15 is 0 Å². The fraction of sp³-hybridized carbons (Fsp3) is 0.167. The molecule has 2 heterocycles. The Hall–Kier alpha value is -2.90. The normalized spacial score (nSPS) is 10.7. The summed E-state index contributed by atoms with van der Waals surface area (Å²) in [6.45, 7) is 2.56. The molecule has 102 valence electrons. The summed E-state index contributed by atoms with van der Waals surface area (Å²) in [5.74, 6) is 1.91. The van der Waals surface area contributed by atoms with Gasteiger partial charge in [0.05, 0.1) is 6.61 Å². The van der Waals surface area contributed by atoms with Gasteiger partial charge in [0.2, 0.25) is 0 Å². The van der Waals surface area contributed by atoms with Gasteiger partial charge in [-0.3, -0.25) is 5.10 Å². The van der Waals surface area contributed by atoms with Gasteiger partial charge in [0, 0.05) is 5.56 Å². The molecular formula is C12H12N6O2. The first kappa shape index (κ1) is 12.2. The molecule has 0 fully saturated rings. The Morgan fingerprint density at radius 1 is 1.25 bits per heavy atom. The highest BCUT2D eigenvalue weighted by Crippen LogP contribution is 2.23. The molecule has 20 heavy (non-hydrogen) atoms. The van der Waals surface area contributed by atoms with Gasteiger partial charge in [0.15, 0.2) is 23.2 Å². The van der Waals surface area contributed by atoms with Gasteiger partial charge in [-0.05, 0) is 41.5 Å². The topological polar surface area (TPSA) is 116 Å². The second-order valence-electron chi connectivity index (χ2n) is 3.96. The quantitative estimate of drug-likeness (QED) is 0.739. The number of hydrogen-bond donors (Lipinski definition) is 2. The monoisotopic (exact) mass is 272 g/mol. The van der Waals surface area contributed by atoms with Crippen molar-refractivity contribution in [1.82, 2.24) is 25.5 Å². The fourth-order valence-electron chi connectivity index (χ4n) is 1.72. The number of nitrogens with two attached hydrogens (primary N) is 1. The maximum absolute atomic E-state index is 5.60. The maximum Gasteiger partial charge on any atom is 0.199 e.